The molecule has 0 heterocycles. The van der Waals surface area contributed by atoms with Gasteiger partial charge in [0, 0.05) is 24.8 Å². The third kappa shape index (κ3) is 4.14. The van der Waals surface area contributed by atoms with Crippen LogP contribution >= 0.6 is 15.9 Å². The van der Waals surface area contributed by atoms with Gasteiger partial charge in [-0.3, -0.25) is 10.1 Å². The standard InChI is InChI=1S/C12H16BrFN2O3/c1-7(2)10(3-4-17)15-11-6-9(14)8(13)5-12(11)16(18)19/h5-7,10,15,17H,3-4H2,1-2H3. The zero-order valence-electron chi connectivity index (χ0n) is 10.7. The van der Waals surface area contributed by atoms with Gasteiger partial charge in [-0.1, -0.05) is 13.8 Å². The molecule has 5 nitrogen and oxygen atoms in total. The summed E-state index contributed by atoms with van der Waals surface area (Å²) in [5.74, 6) is -0.418. The molecule has 0 saturated carbocycles. The van der Waals surface area contributed by atoms with Gasteiger partial charge in [0.25, 0.3) is 5.69 Å². The fraction of sp³-hybridized carbons (Fsp3) is 0.500. The molecule has 2 N–H and O–H groups in total. The molecule has 0 spiro atoms. The van der Waals surface area contributed by atoms with Crippen LogP contribution < -0.4 is 5.32 Å². The van der Waals surface area contributed by atoms with E-state index in [0.717, 1.165) is 12.1 Å². The number of aliphatic hydroxyl groups excluding tert-OH is 1. The second-order valence-electron chi connectivity index (χ2n) is 4.55. The average molecular weight is 335 g/mol. The summed E-state index contributed by atoms with van der Waals surface area (Å²) in [6.45, 7) is 3.81. The highest BCUT2D eigenvalue weighted by molar-refractivity contribution is 9.10. The predicted octanol–water partition coefficient (Wildman–Crippen LogP) is 3.32. The normalized spacial score (nSPS) is 12.5. The molecule has 106 valence electrons. The lowest BCUT2D eigenvalue weighted by Gasteiger charge is -2.22. The van der Waals surface area contributed by atoms with Crippen molar-refractivity contribution >= 4 is 27.3 Å². The Labute approximate surface area is 119 Å². The van der Waals surface area contributed by atoms with Crippen LogP contribution in [0.15, 0.2) is 16.6 Å². The van der Waals surface area contributed by atoms with Gasteiger partial charge in [-0.2, -0.15) is 0 Å². The summed E-state index contributed by atoms with van der Waals surface area (Å²) >= 11 is 2.93. The Bertz CT molecular complexity index is 469. The molecule has 0 aliphatic carbocycles. The molecule has 1 rings (SSSR count). The van der Waals surface area contributed by atoms with Crippen molar-refractivity contribution < 1.29 is 14.4 Å². The van der Waals surface area contributed by atoms with Crippen molar-refractivity contribution in [3.63, 3.8) is 0 Å². The van der Waals surface area contributed by atoms with Crippen molar-refractivity contribution in [1.29, 1.82) is 0 Å². The summed E-state index contributed by atoms with van der Waals surface area (Å²) in [6.07, 6.45) is 0.437. The number of halogens is 2. The van der Waals surface area contributed by atoms with Crippen LogP contribution in [0.1, 0.15) is 20.3 Å². The molecule has 1 atom stereocenters. The monoisotopic (exact) mass is 334 g/mol. The number of nitro groups is 1. The zero-order valence-corrected chi connectivity index (χ0v) is 12.3. The van der Waals surface area contributed by atoms with Crippen molar-refractivity contribution in [3.05, 3.63) is 32.5 Å². The number of rotatable bonds is 6. The van der Waals surface area contributed by atoms with E-state index in [2.05, 4.69) is 21.2 Å². The molecule has 0 amide bonds. The molecular weight excluding hydrogens is 319 g/mol. The average Bonchev–Trinajstić information content (AvgIpc) is 2.32. The van der Waals surface area contributed by atoms with Crippen LogP contribution in [-0.4, -0.2) is 22.7 Å². The van der Waals surface area contributed by atoms with Crippen molar-refractivity contribution in [2.75, 3.05) is 11.9 Å². The molecule has 0 radical (unpaired) electrons. The number of nitrogens with zero attached hydrogens (tertiary/aromatic N) is 1. The Hall–Kier alpha value is -1.21. The molecule has 0 saturated heterocycles. The van der Waals surface area contributed by atoms with Crippen molar-refractivity contribution in [2.24, 2.45) is 5.92 Å². The van der Waals surface area contributed by atoms with Crippen LogP contribution in [0, 0.1) is 21.8 Å². The quantitative estimate of drug-likeness (QED) is 0.618. The maximum Gasteiger partial charge on any atom is 0.293 e. The van der Waals surface area contributed by atoms with Gasteiger partial charge in [-0.05, 0) is 28.3 Å². The highest BCUT2D eigenvalue weighted by Crippen LogP contribution is 2.31. The number of anilines is 1. The first-order chi connectivity index (χ1) is 8.86. The summed E-state index contributed by atoms with van der Waals surface area (Å²) in [5.41, 5.74) is -0.0743. The van der Waals surface area contributed by atoms with Gasteiger partial charge in [0.1, 0.15) is 11.5 Å². The summed E-state index contributed by atoms with van der Waals surface area (Å²) in [5, 5.41) is 22.9. The van der Waals surface area contributed by atoms with E-state index in [-0.39, 0.29) is 34.4 Å². The molecular formula is C12H16BrFN2O3. The third-order valence-electron chi connectivity index (χ3n) is 2.82. The summed E-state index contributed by atoms with van der Waals surface area (Å²) in [7, 11) is 0. The molecule has 0 fully saturated rings. The molecule has 0 aliphatic rings. The first-order valence-electron chi connectivity index (χ1n) is 5.87. The minimum absolute atomic E-state index is 0.0390. The maximum atomic E-state index is 13.5. The third-order valence-corrected chi connectivity index (χ3v) is 3.43. The van der Waals surface area contributed by atoms with Crippen LogP contribution in [0.5, 0.6) is 0 Å². The van der Waals surface area contributed by atoms with Gasteiger partial charge in [-0.25, -0.2) is 4.39 Å². The SMILES string of the molecule is CC(C)C(CCO)Nc1cc(F)c(Br)cc1[N+](=O)[O-]. The number of nitrogens with one attached hydrogen (secondary N) is 1. The van der Waals surface area contributed by atoms with Crippen LogP contribution in [0.3, 0.4) is 0 Å². The van der Waals surface area contributed by atoms with Crippen molar-refractivity contribution in [2.45, 2.75) is 26.3 Å². The summed E-state index contributed by atoms with van der Waals surface area (Å²) in [6, 6.07) is 2.06. The lowest BCUT2D eigenvalue weighted by Crippen LogP contribution is -2.27. The highest BCUT2D eigenvalue weighted by atomic mass is 79.9. The second-order valence-corrected chi connectivity index (χ2v) is 5.40. The van der Waals surface area contributed by atoms with E-state index in [0.29, 0.717) is 6.42 Å². The smallest absolute Gasteiger partial charge is 0.293 e. The van der Waals surface area contributed by atoms with Crippen LogP contribution in [-0.2, 0) is 0 Å². The molecule has 19 heavy (non-hydrogen) atoms. The van der Waals surface area contributed by atoms with E-state index >= 15 is 0 Å². The summed E-state index contributed by atoms with van der Waals surface area (Å²) in [4.78, 5) is 10.4. The number of benzene rings is 1. The lowest BCUT2D eigenvalue weighted by atomic mass is 10.0. The molecule has 7 heteroatoms. The number of aliphatic hydroxyl groups is 1. The lowest BCUT2D eigenvalue weighted by molar-refractivity contribution is -0.384. The molecule has 1 aromatic carbocycles. The van der Waals surface area contributed by atoms with E-state index < -0.39 is 10.7 Å². The number of hydrogen-bond acceptors (Lipinski definition) is 4. The maximum absolute atomic E-state index is 13.5. The number of nitro benzene ring substituents is 1. The van der Waals surface area contributed by atoms with Gasteiger partial charge in [0.05, 0.1) is 9.40 Å². The van der Waals surface area contributed by atoms with Crippen molar-refractivity contribution in [1.82, 2.24) is 0 Å². The first kappa shape index (κ1) is 15.8. The Morgan fingerprint density at radius 3 is 2.63 bits per heavy atom. The van der Waals surface area contributed by atoms with E-state index in [1.807, 2.05) is 13.8 Å². The molecule has 0 aromatic heterocycles. The Balaban J connectivity index is 3.10. The molecule has 1 aromatic rings. The van der Waals surface area contributed by atoms with Crippen LogP contribution in [0.25, 0.3) is 0 Å². The fourth-order valence-electron chi connectivity index (χ4n) is 1.71. The molecule has 1 unspecified atom stereocenters. The largest absolute Gasteiger partial charge is 0.396 e. The van der Waals surface area contributed by atoms with Gasteiger partial charge in [0.15, 0.2) is 0 Å². The fourth-order valence-corrected chi connectivity index (χ4v) is 2.05. The van der Waals surface area contributed by atoms with Gasteiger partial charge in [-0.15, -0.1) is 0 Å². The van der Waals surface area contributed by atoms with E-state index in [1.54, 1.807) is 0 Å². The Kier molecular flexibility index (Phi) is 5.68. The van der Waals surface area contributed by atoms with E-state index in [4.69, 9.17) is 5.11 Å². The minimum atomic E-state index is -0.570. The van der Waals surface area contributed by atoms with Gasteiger partial charge < -0.3 is 10.4 Å². The van der Waals surface area contributed by atoms with Gasteiger partial charge in [0.2, 0.25) is 0 Å². The summed E-state index contributed by atoms with van der Waals surface area (Å²) < 4.78 is 13.6. The minimum Gasteiger partial charge on any atom is -0.396 e. The van der Waals surface area contributed by atoms with Crippen LogP contribution in [0.4, 0.5) is 15.8 Å². The van der Waals surface area contributed by atoms with E-state index in [9.17, 15) is 14.5 Å². The van der Waals surface area contributed by atoms with Crippen LogP contribution in [0.2, 0.25) is 0 Å². The topological polar surface area (TPSA) is 75.4 Å². The number of hydrogen-bond donors (Lipinski definition) is 2. The van der Waals surface area contributed by atoms with Gasteiger partial charge >= 0.3 is 0 Å². The second kappa shape index (κ2) is 6.81. The Morgan fingerprint density at radius 1 is 1.53 bits per heavy atom. The first-order valence-corrected chi connectivity index (χ1v) is 6.67. The molecule has 0 aliphatic heterocycles. The highest BCUT2D eigenvalue weighted by Gasteiger charge is 2.21. The molecule has 0 bridgehead atoms. The predicted molar refractivity (Wildman–Crippen MR) is 74.7 cm³/mol. The van der Waals surface area contributed by atoms with E-state index in [1.165, 1.54) is 0 Å². The zero-order chi connectivity index (χ0) is 14.6. The Morgan fingerprint density at radius 2 is 2.16 bits per heavy atom. The van der Waals surface area contributed by atoms with Crippen molar-refractivity contribution in [3.8, 4) is 0 Å².